The van der Waals surface area contributed by atoms with Gasteiger partial charge in [-0.1, -0.05) is 0 Å². The molecule has 0 aliphatic rings. The van der Waals surface area contributed by atoms with E-state index in [1.807, 2.05) is 0 Å². The van der Waals surface area contributed by atoms with Gasteiger partial charge in [0.1, 0.15) is 12.0 Å². The molecule has 3 nitrogen and oxygen atoms in total. The van der Waals surface area contributed by atoms with E-state index in [0.29, 0.717) is 12.0 Å². The molecule has 0 saturated carbocycles. The number of carbonyl (C=O) groups excluding carboxylic acids is 2. The molecule has 0 radical (unpaired) electrons. The van der Waals surface area contributed by atoms with Crippen molar-refractivity contribution in [1.82, 2.24) is 0 Å². The molecule has 0 aromatic rings. The predicted octanol–water partition coefficient (Wildman–Crippen LogP) is 0.262. The van der Waals surface area contributed by atoms with E-state index < -0.39 is 0 Å². The summed E-state index contributed by atoms with van der Waals surface area (Å²) < 4.78 is 4.23. The van der Waals surface area contributed by atoms with Crippen molar-refractivity contribution in [2.24, 2.45) is 0 Å². The lowest BCUT2D eigenvalue weighted by atomic mass is 10.5. The highest BCUT2D eigenvalue weighted by Crippen LogP contribution is 1.87. The number of ether oxygens (including phenoxy) is 1. The summed E-state index contributed by atoms with van der Waals surface area (Å²) in [6.45, 7) is 1.79. The van der Waals surface area contributed by atoms with Gasteiger partial charge in [-0.25, -0.2) is 0 Å². The molecule has 0 spiro atoms. The molecule has 0 aliphatic heterocycles. The van der Waals surface area contributed by atoms with Gasteiger partial charge in [0.2, 0.25) is 0 Å². The molecule has 0 heterocycles. The van der Waals surface area contributed by atoms with Crippen LogP contribution in [0.4, 0.5) is 0 Å². The second-order valence-corrected chi connectivity index (χ2v) is 1.13. The van der Waals surface area contributed by atoms with Crippen LogP contribution in [0.15, 0.2) is 11.8 Å². The summed E-state index contributed by atoms with van der Waals surface area (Å²) in [7, 11) is 0. The molecule has 0 fully saturated rings. The Labute approximate surface area is 46.9 Å². The van der Waals surface area contributed by atoms with E-state index in [9.17, 15) is 9.59 Å². The van der Waals surface area contributed by atoms with Crippen molar-refractivity contribution in [1.29, 1.82) is 0 Å². The van der Waals surface area contributed by atoms with Crippen LogP contribution >= 0.6 is 0 Å². The lowest BCUT2D eigenvalue weighted by Crippen LogP contribution is -1.82. The molecule has 0 aromatic carbocycles. The van der Waals surface area contributed by atoms with Gasteiger partial charge in [-0.15, -0.1) is 0 Å². The van der Waals surface area contributed by atoms with Crippen molar-refractivity contribution in [2.45, 2.75) is 6.92 Å². The Morgan fingerprint density at radius 1 is 1.50 bits per heavy atom. The lowest BCUT2D eigenvalue weighted by molar-refractivity contribution is -0.125. The van der Waals surface area contributed by atoms with E-state index in [0.717, 1.165) is 6.08 Å². The molecule has 0 aliphatic carbocycles. The topological polar surface area (TPSA) is 43.4 Å². The Morgan fingerprint density at radius 2 is 2.12 bits per heavy atom. The summed E-state index contributed by atoms with van der Waals surface area (Å²) in [4.78, 5) is 19.1. The zero-order valence-electron chi connectivity index (χ0n) is 4.46. The molecule has 0 atom stereocenters. The maximum atomic E-state index is 9.62. The molecule has 0 aromatic heterocycles. The summed E-state index contributed by atoms with van der Waals surface area (Å²) in [5.74, 6) is 0.301. The third kappa shape index (κ3) is 3.08. The normalized spacial score (nSPS) is 10.4. The van der Waals surface area contributed by atoms with Crippen LogP contribution in [-0.2, 0) is 14.3 Å². The van der Waals surface area contributed by atoms with E-state index in [-0.39, 0.29) is 6.47 Å². The largest absolute Gasteiger partial charge is 0.433 e. The standard InChI is InChI=1S/C5H6O3/c1-5(2-3-6)8-4-7/h2-4H,1H3. The number of allylic oxidation sites excluding steroid dienone is 2. The second-order valence-electron chi connectivity index (χ2n) is 1.13. The first-order valence-electron chi connectivity index (χ1n) is 2.03. The van der Waals surface area contributed by atoms with Crippen LogP contribution in [0.1, 0.15) is 6.92 Å². The quantitative estimate of drug-likeness (QED) is 0.300. The van der Waals surface area contributed by atoms with Crippen molar-refractivity contribution < 1.29 is 14.3 Å². The zero-order valence-corrected chi connectivity index (χ0v) is 4.46. The Hall–Kier alpha value is -1.12. The highest BCUT2D eigenvalue weighted by Gasteiger charge is 1.81. The molecular weight excluding hydrogens is 108 g/mol. The van der Waals surface area contributed by atoms with Gasteiger partial charge in [-0.2, -0.15) is 0 Å². The van der Waals surface area contributed by atoms with Gasteiger partial charge < -0.3 is 4.74 Å². The number of rotatable bonds is 3. The smallest absolute Gasteiger partial charge is 0.298 e. The van der Waals surface area contributed by atoms with Gasteiger partial charge in [0.25, 0.3) is 6.47 Å². The van der Waals surface area contributed by atoms with Crippen LogP contribution < -0.4 is 0 Å². The van der Waals surface area contributed by atoms with E-state index in [1.165, 1.54) is 6.92 Å². The van der Waals surface area contributed by atoms with E-state index in [1.54, 1.807) is 0 Å². The number of hydrogen-bond donors (Lipinski definition) is 0. The van der Waals surface area contributed by atoms with Crippen molar-refractivity contribution in [3.63, 3.8) is 0 Å². The first-order valence-corrected chi connectivity index (χ1v) is 2.03. The molecular formula is C5H6O3. The average Bonchev–Trinajstić information content (AvgIpc) is 1.68. The molecule has 0 bridgehead atoms. The molecule has 0 unspecified atom stereocenters. The first-order chi connectivity index (χ1) is 3.81. The maximum absolute atomic E-state index is 9.62. The minimum atomic E-state index is 0.273. The van der Waals surface area contributed by atoms with E-state index >= 15 is 0 Å². The highest BCUT2D eigenvalue weighted by atomic mass is 16.5. The van der Waals surface area contributed by atoms with E-state index in [2.05, 4.69) is 4.74 Å². The van der Waals surface area contributed by atoms with Crippen LogP contribution in [-0.4, -0.2) is 12.8 Å². The fourth-order valence-electron chi connectivity index (χ4n) is 0.211. The Bertz CT molecular complexity index is 115. The Kier molecular flexibility index (Phi) is 3.48. The molecule has 3 heteroatoms. The number of carbonyl (C=O) groups is 2. The van der Waals surface area contributed by atoms with E-state index in [4.69, 9.17) is 0 Å². The van der Waals surface area contributed by atoms with Gasteiger partial charge >= 0.3 is 0 Å². The number of aldehydes is 1. The van der Waals surface area contributed by atoms with Crippen LogP contribution in [0.3, 0.4) is 0 Å². The summed E-state index contributed by atoms with van der Waals surface area (Å²) in [6, 6.07) is 0. The predicted molar refractivity (Wildman–Crippen MR) is 27.0 cm³/mol. The zero-order chi connectivity index (χ0) is 6.41. The molecule has 44 valence electrons. The molecule has 0 saturated heterocycles. The number of hydrogen-bond acceptors (Lipinski definition) is 3. The molecule has 0 rings (SSSR count). The van der Waals surface area contributed by atoms with Gasteiger partial charge in [0.15, 0.2) is 0 Å². The lowest BCUT2D eigenvalue weighted by Gasteiger charge is -1.89. The fraction of sp³-hybridized carbons (Fsp3) is 0.200. The van der Waals surface area contributed by atoms with Crippen LogP contribution in [0, 0.1) is 0 Å². The van der Waals surface area contributed by atoms with Gasteiger partial charge in [-0.3, -0.25) is 9.59 Å². The third-order valence-corrected chi connectivity index (χ3v) is 0.537. The summed E-state index contributed by atoms with van der Waals surface area (Å²) >= 11 is 0. The highest BCUT2D eigenvalue weighted by molar-refractivity contribution is 5.65. The minimum absolute atomic E-state index is 0.273. The van der Waals surface area contributed by atoms with Gasteiger partial charge in [0, 0.05) is 6.08 Å². The van der Waals surface area contributed by atoms with Crippen LogP contribution in [0.2, 0.25) is 0 Å². The van der Waals surface area contributed by atoms with Crippen LogP contribution in [0.5, 0.6) is 0 Å². The Morgan fingerprint density at radius 3 is 2.50 bits per heavy atom. The van der Waals surface area contributed by atoms with Crippen molar-refractivity contribution in [3.05, 3.63) is 11.8 Å². The molecule has 0 N–H and O–H groups in total. The fourth-order valence-corrected chi connectivity index (χ4v) is 0.211. The molecule has 0 amide bonds. The van der Waals surface area contributed by atoms with Crippen molar-refractivity contribution in [3.8, 4) is 0 Å². The molecule has 8 heavy (non-hydrogen) atoms. The summed E-state index contributed by atoms with van der Waals surface area (Å²) in [5.41, 5.74) is 0. The third-order valence-electron chi connectivity index (χ3n) is 0.537. The van der Waals surface area contributed by atoms with Crippen LogP contribution in [0.25, 0.3) is 0 Å². The SMILES string of the molecule is CC(=CC=O)OC=O. The first kappa shape index (κ1) is 6.88. The minimum Gasteiger partial charge on any atom is -0.433 e. The Balaban J connectivity index is 3.60. The summed E-state index contributed by atoms with van der Waals surface area (Å²) in [5, 5.41) is 0. The summed E-state index contributed by atoms with van der Waals surface area (Å²) in [6.07, 6.45) is 1.72. The second kappa shape index (κ2) is 4.05. The monoisotopic (exact) mass is 114 g/mol. The van der Waals surface area contributed by atoms with Gasteiger partial charge in [0.05, 0.1) is 0 Å². The van der Waals surface area contributed by atoms with Gasteiger partial charge in [-0.05, 0) is 6.92 Å². The van der Waals surface area contributed by atoms with Crippen molar-refractivity contribution >= 4 is 12.8 Å². The maximum Gasteiger partial charge on any atom is 0.298 e. The average molecular weight is 114 g/mol. The van der Waals surface area contributed by atoms with Crippen molar-refractivity contribution in [2.75, 3.05) is 0 Å².